The SMILES string of the molecule is [NH3+][C@@H](Cc1c[nH+]c[nH]1)C(=O)O. The van der Waals surface area contributed by atoms with Crippen molar-refractivity contribution >= 4 is 5.97 Å². The predicted molar refractivity (Wildman–Crippen MR) is 35.4 cm³/mol. The summed E-state index contributed by atoms with van der Waals surface area (Å²) < 4.78 is 0. The second-order valence-corrected chi connectivity index (χ2v) is 2.36. The fraction of sp³-hybridized carbons (Fsp3) is 0.333. The molecule has 1 heterocycles. The molecule has 0 aromatic carbocycles. The highest BCUT2D eigenvalue weighted by atomic mass is 16.4. The van der Waals surface area contributed by atoms with Crippen LogP contribution in [-0.2, 0) is 11.2 Å². The van der Waals surface area contributed by atoms with E-state index >= 15 is 0 Å². The van der Waals surface area contributed by atoms with Gasteiger partial charge in [0.25, 0.3) is 0 Å². The summed E-state index contributed by atoms with van der Waals surface area (Å²) in [5, 5.41) is 8.49. The minimum atomic E-state index is -0.875. The quantitative estimate of drug-likeness (QED) is 0.476. The molecule has 6 N–H and O–H groups in total. The number of nitrogens with one attached hydrogen (secondary N) is 2. The first-order valence-electron chi connectivity index (χ1n) is 3.29. The third kappa shape index (κ3) is 2.05. The molecule has 1 aromatic rings. The number of carboxylic acids is 1. The van der Waals surface area contributed by atoms with Crippen molar-refractivity contribution in [2.75, 3.05) is 0 Å². The highest BCUT2D eigenvalue weighted by Crippen LogP contribution is 1.91. The van der Waals surface area contributed by atoms with Crippen LogP contribution in [0.15, 0.2) is 12.5 Å². The van der Waals surface area contributed by atoms with E-state index in [1.807, 2.05) is 0 Å². The standard InChI is InChI=1S/C6H9N3O2/c7-5(6(10)11)1-4-2-8-3-9-4/h2-3,5H,1,7H2,(H,8,9)(H,10,11)/p+2/t5-/m0/s1. The first-order valence-corrected chi connectivity index (χ1v) is 3.29. The van der Waals surface area contributed by atoms with E-state index in [1.165, 1.54) is 0 Å². The second-order valence-electron chi connectivity index (χ2n) is 2.36. The number of H-pyrrole nitrogens is 2. The number of hydrogen-bond donors (Lipinski definition) is 3. The molecule has 0 aliphatic heterocycles. The molecule has 5 heteroatoms. The van der Waals surface area contributed by atoms with Crippen molar-refractivity contribution in [1.29, 1.82) is 0 Å². The summed E-state index contributed by atoms with van der Waals surface area (Å²) in [6.45, 7) is 0. The van der Waals surface area contributed by atoms with Gasteiger partial charge in [-0.2, -0.15) is 0 Å². The predicted octanol–water partition coefficient (Wildman–Crippen LogP) is -1.93. The van der Waals surface area contributed by atoms with E-state index in [1.54, 1.807) is 12.5 Å². The van der Waals surface area contributed by atoms with Crippen molar-refractivity contribution in [2.24, 2.45) is 0 Å². The summed E-state index contributed by atoms with van der Waals surface area (Å²) in [4.78, 5) is 16.0. The number of rotatable bonds is 3. The Hall–Kier alpha value is -1.36. The van der Waals surface area contributed by atoms with Gasteiger partial charge >= 0.3 is 5.97 Å². The van der Waals surface area contributed by atoms with Crippen LogP contribution >= 0.6 is 0 Å². The maximum Gasteiger partial charge on any atom is 0.362 e. The van der Waals surface area contributed by atoms with Crippen LogP contribution in [0.1, 0.15) is 5.69 Å². The molecule has 11 heavy (non-hydrogen) atoms. The lowest BCUT2D eigenvalue weighted by Crippen LogP contribution is -2.66. The molecule has 0 aliphatic rings. The molecule has 0 aliphatic carbocycles. The molecule has 0 bridgehead atoms. The van der Waals surface area contributed by atoms with Crippen LogP contribution in [0.4, 0.5) is 0 Å². The molecule has 0 radical (unpaired) electrons. The summed E-state index contributed by atoms with van der Waals surface area (Å²) >= 11 is 0. The van der Waals surface area contributed by atoms with E-state index in [0.717, 1.165) is 5.69 Å². The molecule has 0 spiro atoms. The fourth-order valence-corrected chi connectivity index (χ4v) is 0.789. The lowest BCUT2D eigenvalue weighted by molar-refractivity contribution is -0.407. The Labute approximate surface area is 63.3 Å². The van der Waals surface area contributed by atoms with Gasteiger partial charge in [-0.3, -0.25) is 4.98 Å². The van der Waals surface area contributed by atoms with Gasteiger partial charge in [0, 0.05) is 0 Å². The number of aliphatic carboxylic acids is 1. The van der Waals surface area contributed by atoms with Crippen LogP contribution in [0.3, 0.4) is 0 Å². The molecule has 0 unspecified atom stereocenters. The Morgan fingerprint density at radius 2 is 2.64 bits per heavy atom. The van der Waals surface area contributed by atoms with E-state index in [2.05, 4.69) is 15.7 Å². The number of carbonyl (C=O) groups is 1. The maximum absolute atomic E-state index is 10.3. The lowest BCUT2D eigenvalue weighted by Gasteiger charge is -1.96. The third-order valence-corrected chi connectivity index (χ3v) is 1.41. The van der Waals surface area contributed by atoms with Crippen molar-refractivity contribution in [3.63, 3.8) is 0 Å². The third-order valence-electron chi connectivity index (χ3n) is 1.41. The summed E-state index contributed by atoms with van der Waals surface area (Å²) in [5.41, 5.74) is 4.33. The summed E-state index contributed by atoms with van der Waals surface area (Å²) in [6, 6.07) is -0.581. The fourth-order valence-electron chi connectivity index (χ4n) is 0.789. The molecule has 0 fully saturated rings. The minimum absolute atomic E-state index is 0.429. The van der Waals surface area contributed by atoms with Crippen molar-refractivity contribution in [1.82, 2.24) is 4.98 Å². The van der Waals surface area contributed by atoms with Crippen molar-refractivity contribution in [2.45, 2.75) is 12.5 Å². The zero-order valence-corrected chi connectivity index (χ0v) is 6.00. The van der Waals surface area contributed by atoms with Crippen LogP contribution in [0, 0.1) is 0 Å². The van der Waals surface area contributed by atoms with Gasteiger partial charge in [-0.05, 0) is 0 Å². The van der Waals surface area contributed by atoms with Gasteiger partial charge in [0.1, 0.15) is 11.9 Å². The van der Waals surface area contributed by atoms with Crippen molar-refractivity contribution in [3.8, 4) is 0 Å². The number of carboxylic acid groups (broad SMARTS) is 1. The van der Waals surface area contributed by atoms with Gasteiger partial charge in [-0.15, -0.1) is 0 Å². The average Bonchev–Trinajstić information content (AvgIpc) is 2.39. The molecule has 0 saturated carbocycles. The van der Waals surface area contributed by atoms with Crippen LogP contribution in [-0.4, -0.2) is 22.1 Å². The maximum atomic E-state index is 10.3. The largest absolute Gasteiger partial charge is 0.477 e. The Balaban J connectivity index is 2.50. The van der Waals surface area contributed by atoms with E-state index < -0.39 is 12.0 Å². The Morgan fingerprint density at radius 1 is 1.91 bits per heavy atom. The Morgan fingerprint density at radius 3 is 3.09 bits per heavy atom. The Kier molecular flexibility index (Phi) is 2.22. The molecule has 1 rings (SSSR count). The van der Waals surface area contributed by atoms with Crippen LogP contribution < -0.4 is 10.7 Å². The molecular formula is C6H11N3O2+2. The molecule has 0 saturated heterocycles. The van der Waals surface area contributed by atoms with Gasteiger partial charge in [0.05, 0.1) is 6.42 Å². The summed E-state index contributed by atoms with van der Waals surface area (Å²) in [7, 11) is 0. The normalized spacial score (nSPS) is 12.8. The van der Waals surface area contributed by atoms with E-state index in [4.69, 9.17) is 5.11 Å². The lowest BCUT2D eigenvalue weighted by atomic mass is 10.2. The smallest absolute Gasteiger partial charge is 0.362 e. The van der Waals surface area contributed by atoms with Gasteiger partial charge in [-0.25, -0.2) is 9.78 Å². The average molecular weight is 157 g/mol. The molecule has 1 aromatic heterocycles. The van der Waals surface area contributed by atoms with Gasteiger partial charge in [0.15, 0.2) is 6.04 Å². The minimum Gasteiger partial charge on any atom is -0.477 e. The van der Waals surface area contributed by atoms with Crippen LogP contribution in [0.5, 0.6) is 0 Å². The highest BCUT2D eigenvalue weighted by molar-refractivity contribution is 5.71. The van der Waals surface area contributed by atoms with Gasteiger partial charge < -0.3 is 10.8 Å². The molecular weight excluding hydrogens is 146 g/mol. The molecule has 60 valence electrons. The summed E-state index contributed by atoms with van der Waals surface area (Å²) in [5.74, 6) is -0.875. The van der Waals surface area contributed by atoms with Crippen molar-refractivity contribution in [3.05, 3.63) is 18.2 Å². The Bertz CT molecular complexity index is 232. The number of aromatic amines is 2. The van der Waals surface area contributed by atoms with E-state index in [0.29, 0.717) is 6.42 Å². The molecule has 0 amide bonds. The van der Waals surface area contributed by atoms with Gasteiger partial charge in [-0.1, -0.05) is 0 Å². The topological polar surface area (TPSA) is 94.9 Å². The highest BCUT2D eigenvalue weighted by Gasteiger charge is 2.18. The van der Waals surface area contributed by atoms with E-state index in [9.17, 15) is 4.79 Å². The first-order chi connectivity index (χ1) is 5.20. The molecule has 1 atom stereocenters. The monoisotopic (exact) mass is 157 g/mol. The van der Waals surface area contributed by atoms with Gasteiger partial charge in [0.2, 0.25) is 6.33 Å². The number of hydrogen-bond acceptors (Lipinski definition) is 1. The number of quaternary nitrogens is 1. The summed E-state index contributed by atoms with van der Waals surface area (Å²) in [6.07, 6.45) is 3.80. The second kappa shape index (κ2) is 3.16. The zero-order chi connectivity index (χ0) is 8.27. The first kappa shape index (κ1) is 7.74. The zero-order valence-electron chi connectivity index (χ0n) is 6.00. The van der Waals surface area contributed by atoms with Crippen LogP contribution in [0.2, 0.25) is 0 Å². The van der Waals surface area contributed by atoms with E-state index in [-0.39, 0.29) is 0 Å². The van der Waals surface area contributed by atoms with Crippen LogP contribution in [0.25, 0.3) is 0 Å². The number of aromatic nitrogens is 2. The molecule has 5 nitrogen and oxygen atoms in total. The van der Waals surface area contributed by atoms with Crippen molar-refractivity contribution < 1.29 is 20.6 Å². The number of imidazole rings is 1.